The largest absolute Gasteiger partial charge is 0.394 e. The molecule has 0 aliphatic carbocycles. The Balaban J connectivity index is 0.00000212. The number of nitrogen functional groups attached to an aromatic ring is 1. The van der Waals surface area contributed by atoms with E-state index in [1.54, 1.807) is 18.2 Å². The zero-order valence-corrected chi connectivity index (χ0v) is 19.5. The van der Waals surface area contributed by atoms with Gasteiger partial charge in [0.05, 0.1) is 17.6 Å². The van der Waals surface area contributed by atoms with Crippen molar-refractivity contribution >= 4 is 35.2 Å². The zero-order chi connectivity index (χ0) is 23.6. The molecule has 8 heteroatoms. The monoisotopic (exact) mass is 427 g/mol. The van der Waals surface area contributed by atoms with Crippen molar-refractivity contribution in [3.05, 3.63) is 54.4 Å². The van der Waals surface area contributed by atoms with Gasteiger partial charge < -0.3 is 16.4 Å². The maximum Gasteiger partial charge on any atom is 0.229 e. The van der Waals surface area contributed by atoms with Crippen molar-refractivity contribution in [2.45, 2.75) is 54.4 Å². The van der Waals surface area contributed by atoms with Gasteiger partial charge in [0.2, 0.25) is 12.4 Å². The van der Waals surface area contributed by atoms with E-state index in [9.17, 15) is 4.79 Å². The second-order valence-electron chi connectivity index (χ2n) is 5.66. The number of carbonyl (C=O) groups excluding carboxylic acids is 1. The van der Waals surface area contributed by atoms with Gasteiger partial charge in [0.15, 0.2) is 5.82 Å². The molecule has 0 aliphatic rings. The fraction of sp³-hybridized carbons (Fsp3) is 0.348. The van der Waals surface area contributed by atoms with Crippen LogP contribution in [0.25, 0.3) is 0 Å². The third-order valence-corrected chi connectivity index (χ3v) is 3.58. The Morgan fingerprint density at radius 3 is 2.42 bits per heavy atom. The number of hydrogen-bond acceptors (Lipinski definition) is 7. The lowest BCUT2D eigenvalue weighted by molar-refractivity contribution is -0.105. The first-order valence-corrected chi connectivity index (χ1v) is 10.7. The van der Waals surface area contributed by atoms with Gasteiger partial charge in [-0.1, -0.05) is 59.8 Å². The molecule has 6 N–H and O–H groups in total. The van der Waals surface area contributed by atoms with Crippen molar-refractivity contribution in [2.24, 2.45) is 5.84 Å². The van der Waals surface area contributed by atoms with Gasteiger partial charge in [-0.2, -0.15) is 4.98 Å². The quantitative estimate of drug-likeness (QED) is 0.184. The molecule has 0 radical (unpaired) electrons. The van der Waals surface area contributed by atoms with E-state index in [1.807, 2.05) is 58.9 Å². The number of nitrogens with one attached hydrogen (secondary N) is 2. The lowest BCUT2D eigenvalue weighted by Crippen LogP contribution is -2.31. The number of nitrogens with two attached hydrogens (primary N) is 2. The highest BCUT2D eigenvalue weighted by atomic mass is 16.1. The average Bonchev–Trinajstić information content (AvgIpc) is 2.80. The van der Waals surface area contributed by atoms with Crippen molar-refractivity contribution < 1.29 is 4.79 Å². The van der Waals surface area contributed by atoms with Crippen LogP contribution in [0.2, 0.25) is 0 Å². The molecule has 0 spiro atoms. The molecule has 0 saturated heterocycles. The van der Waals surface area contributed by atoms with Crippen LogP contribution in [0.1, 0.15) is 54.4 Å². The Morgan fingerprint density at radius 1 is 1.13 bits per heavy atom. The lowest BCUT2D eigenvalue weighted by atomic mass is 10.2. The van der Waals surface area contributed by atoms with Crippen LogP contribution in [0.5, 0.6) is 0 Å². The molecule has 1 aromatic carbocycles. The molecular formula is C23H37N7O. The molecule has 1 heterocycles. The van der Waals surface area contributed by atoms with Crippen LogP contribution in [-0.4, -0.2) is 16.4 Å². The summed E-state index contributed by atoms with van der Waals surface area (Å²) >= 11 is 0. The number of nitrogens with zero attached hydrogens (tertiary/aromatic N) is 3. The predicted octanol–water partition coefficient (Wildman–Crippen LogP) is 5.36. The molecule has 0 aliphatic heterocycles. The minimum Gasteiger partial charge on any atom is -0.394 e. The van der Waals surface area contributed by atoms with Crippen molar-refractivity contribution in [3.63, 3.8) is 0 Å². The molecule has 8 nitrogen and oxygen atoms in total. The van der Waals surface area contributed by atoms with Crippen LogP contribution in [0, 0.1) is 0 Å². The molecule has 0 bridgehead atoms. The summed E-state index contributed by atoms with van der Waals surface area (Å²) in [5.41, 5.74) is 8.58. The molecular weight excluding hydrogens is 390 g/mol. The Morgan fingerprint density at radius 2 is 1.81 bits per heavy atom. The Kier molecular flexibility index (Phi) is 14.6. The molecule has 2 aromatic rings. The predicted molar refractivity (Wildman–Crippen MR) is 133 cm³/mol. The smallest absolute Gasteiger partial charge is 0.229 e. The number of benzene rings is 1. The van der Waals surface area contributed by atoms with Crippen LogP contribution in [0.3, 0.4) is 0 Å². The Labute approximate surface area is 186 Å². The summed E-state index contributed by atoms with van der Waals surface area (Å²) in [7, 11) is 0. The van der Waals surface area contributed by atoms with Gasteiger partial charge in [-0.25, -0.2) is 10.8 Å². The molecule has 31 heavy (non-hydrogen) atoms. The molecule has 1 amide bonds. The number of hydrazine groups is 1. The highest BCUT2D eigenvalue weighted by Crippen LogP contribution is 2.25. The SMILES string of the molecule is CC.CC.CC/C=C\C(=C/CC)N(N)c1nc(Nc2cccc(NC=O)c2)ncc1N. The summed E-state index contributed by atoms with van der Waals surface area (Å²) in [4.78, 5) is 19.2. The standard InChI is InChI=1S/C19H25N7O.2C2H6/c1-3-5-10-16(7-4-2)26(21)18-17(20)12-22-19(25-18)24-15-9-6-8-14(11-15)23-13-27;2*1-2/h5-13H,3-4,20-21H2,1-2H3,(H,23,27)(H,22,24,25);2*1-2H3/b10-5-,16-7+;;. The van der Waals surface area contributed by atoms with E-state index in [-0.39, 0.29) is 0 Å². The van der Waals surface area contributed by atoms with Crippen molar-refractivity contribution in [3.8, 4) is 0 Å². The van der Waals surface area contributed by atoms with Gasteiger partial charge in [-0.05, 0) is 37.1 Å². The second-order valence-corrected chi connectivity index (χ2v) is 5.66. The summed E-state index contributed by atoms with van der Waals surface area (Å²) in [6.45, 7) is 12.1. The fourth-order valence-corrected chi connectivity index (χ4v) is 2.34. The van der Waals surface area contributed by atoms with Crippen molar-refractivity contribution in [1.82, 2.24) is 9.97 Å². The number of allylic oxidation sites excluding steroid dienone is 3. The molecule has 170 valence electrons. The van der Waals surface area contributed by atoms with E-state index in [4.69, 9.17) is 11.6 Å². The van der Waals surface area contributed by atoms with Crippen LogP contribution < -0.4 is 27.2 Å². The average molecular weight is 428 g/mol. The van der Waals surface area contributed by atoms with Gasteiger partial charge in [0, 0.05) is 11.4 Å². The number of aromatic nitrogens is 2. The Bertz CT molecular complexity index is 834. The number of rotatable bonds is 9. The van der Waals surface area contributed by atoms with Gasteiger partial charge in [-0.3, -0.25) is 9.80 Å². The van der Waals surface area contributed by atoms with Crippen molar-refractivity contribution in [1.29, 1.82) is 0 Å². The first kappa shape index (κ1) is 27.6. The molecule has 2 rings (SSSR count). The summed E-state index contributed by atoms with van der Waals surface area (Å²) in [6.07, 6.45) is 9.79. The van der Waals surface area contributed by atoms with Gasteiger partial charge in [0.25, 0.3) is 0 Å². The van der Waals surface area contributed by atoms with Gasteiger partial charge >= 0.3 is 0 Å². The first-order chi connectivity index (χ1) is 15.1. The second kappa shape index (κ2) is 16.4. The van der Waals surface area contributed by atoms with Gasteiger partial charge in [0.1, 0.15) is 0 Å². The topological polar surface area (TPSA) is 122 Å². The molecule has 0 unspecified atom stereocenters. The number of carbonyl (C=O) groups is 1. The molecule has 1 aromatic heterocycles. The molecule has 0 fully saturated rings. The number of anilines is 5. The maximum atomic E-state index is 10.6. The summed E-state index contributed by atoms with van der Waals surface area (Å²) in [6, 6.07) is 7.18. The number of hydrogen-bond donors (Lipinski definition) is 4. The van der Waals surface area contributed by atoms with E-state index >= 15 is 0 Å². The van der Waals surface area contributed by atoms with Crippen LogP contribution in [-0.2, 0) is 4.79 Å². The summed E-state index contributed by atoms with van der Waals surface area (Å²) in [5, 5.41) is 7.13. The third kappa shape index (κ3) is 9.31. The number of amides is 1. The van der Waals surface area contributed by atoms with E-state index in [1.165, 1.54) is 11.2 Å². The van der Waals surface area contributed by atoms with Gasteiger partial charge in [-0.15, -0.1) is 0 Å². The maximum absolute atomic E-state index is 10.6. The minimum absolute atomic E-state index is 0.341. The van der Waals surface area contributed by atoms with E-state index in [0.717, 1.165) is 24.2 Å². The molecule has 0 atom stereocenters. The van der Waals surface area contributed by atoms with E-state index < -0.39 is 0 Å². The van der Waals surface area contributed by atoms with Crippen LogP contribution in [0.4, 0.5) is 28.8 Å². The highest BCUT2D eigenvalue weighted by Gasteiger charge is 2.13. The van der Waals surface area contributed by atoms with Crippen molar-refractivity contribution in [2.75, 3.05) is 21.4 Å². The summed E-state index contributed by atoms with van der Waals surface area (Å²) < 4.78 is 0. The fourth-order valence-electron chi connectivity index (χ4n) is 2.34. The van der Waals surface area contributed by atoms with E-state index in [0.29, 0.717) is 29.6 Å². The minimum atomic E-state index is 0.341. The zero-order valence-electron chi connectivity index (χ0n) is 19.5. The summed E-state index contributed by atoms with van der Waals surface area (Å²) in [5.74, 6) is 7.00. The Hall–Kier alpha value is -3.39. The first-order valence-electron chi connectivity index (χ1n) is 10.7. The molecule has 0 saturated carbocycles. The third-order valence-electron chi connectivity index (χ3n) is 3.58. The van der Waals surface area contributed by atoms with Crippen LogP contribution in [0.15, 0.2) is 54.4 Å². The normalized spacial score (nSPS) is 10.4. The van der Waals surface area contributed by atoms with Crippen LogP contribution >= 0.6 is 0 Å². The lowest BCUT2D eigenvalue weighted by Gasteiger charge is -2.21. The van der Waals surface area contributed by atoms with E-state index in [2.05, 4.69) is 27.5 Å². The highest BCUT2D eigenvalue weighted by molar-refractivity contribution is 5.74.